The number of aliphatic hydroxyl groups excluding tert-OH is 2. The Hall–Kier alpha value is -0.380. The number of hydrogen-bond acceptors (Lipinski definition) is 3. The van der Waals surface area contributed by atoms with Crippen LogP contribution in [-0.4, -0.2) is 36.0 Å². The molecule has 3 heteroatoms. The molecule has 0 radical (unpaired) electrons. The topological polar surface area (TPSA) is 52.5 Å². The van der Waals surface area contributed by atoms with Crippen LogP contribution in [0.2, 0.25) is 0 Å². The molecule has 60 valence electrons. The second-order valence-electron chi connectivity index (χ2n) is 2.40. The van der Waals surface area contributed by atoms with Gasteiger partial charge in [0.2, 0.25) is 0 Å². The standard InChI is InChI=1S/C7H15NO2/c1-6(2)3-8-7(4-9)5-10/h7-10H,1,3-5H2,2H3. The van der Waals surface area contributed by atoms with Crippen LogP contribution in [0, 0.1) is 0 Å². The van der Waals surface area contributed by atoms with E-state index < -0.39 is 0 Å². The second kappa shape index (κ2) is 5.41. The van der Waals surface area contributed by atoms with Crippen LogP contribution >= 0.6 is 0 Å². The summed E-state index contributed by atoms with van der Waals surface area (Å²) in [5.41, 5.74) is 0.993. The van der Waals surface area contributed by atoms with Crippen molar-refractivity contribution in [3.05, 3.63) is 12.2 Å². The molecule has 10 heavy (non-hydrogen) atoms. The fraction of sp³-hybridized carbons (Fsp3) is 0.714. The van der Waals surface area contributed by atoms with E-state index in [4.69, 9.17) is 10.2 Å². The van der Waals surface area contributed by atoms with Gasteiger partial charge in [-0.25, -0.2) is 0 Å². The molecule has 0 fully saturated rings. The SMILES string of the molecule is C=C(C)CNC(CO)CO. The van der Waals surface area contributed by atoms with Crippen LogP contribution in [0.25, 0.3) is 0 Å². The molecule has 0 spiro atoms. The van der Waals surface area contributed by atoms with Crippen molar-refractivity contribution in [2.45, 2.75) is 13.0 Å². The highest BCUT2D eigenvalue weighted by Crippen LogP contribution is 1.85. The first kappa shape index (κ1) is 9.62. The first-order valence-corrected chi connectivity index (χ1v) is 3.30. The molecule has 0 aliphatic rings. The summed E-state index contributed by atoms with van der Waals surface area (Å²) >= 11 is 0. The predicted molar refractivity (Wildman–Crippen MR) is 40.8 cm³/mol. The van der Waals surface area contributed by atoms with Crippen molar-refractivity contribution in [3.63, 3.8) is 0 Å². The molecule has 0 aliphatic carbocycles. The number of rotatable bonds is 5. The minimum Gasteiger partial charge on any atom is -0.395 e. The van der Waals surface area contributed by atoms with Gasteiger partial charge in [0.25, 0.3) is 0 Å². The maximum absolute atomic E-state index is 8.59. The van der Waals surface area contributed by atoms with Gasteiger partial charge < -0.3 is 15.5 Å². The molecule has 0 aromatic rings. The summed E-state index contributed by atoms with van der Waals surface area (Å²) in [7, 11) is 0. The zero-order valence-corrected chi connectivity index (χ0v) is 6.30. The van der Waals surface area contributed by atoms with Gasteiger partial charge in [-0.05, 0) is 6.92 Å². The molecule has 0 aromatic heterocycles. The Morgan fingerprint density at radius 3 is 2.30 bits per heavy atom. The zero-order valence-electron chi connectivity index (χ0n) is 6.30. The maximum atomic E-state index is 8.59. The largest absolute Gasteiger partial charge is 0.395 e. The Kier molecular flexibility index (Phi) is 5.20. The highest BCUT2D eigenvalue weighted by molar-refractivity contribution is 4.91. The third-order valence-corrected chi connectivity index (χ3v) is 1.13. The summed E-state index contributed by atoms with van der Waals surface area (Å²) in [5.74, 6) is 0. The Bertz CT molecular complexity index is 99.8. The second-order valence-corrected chi connectivity index (χ2v) is 2.40. The summed E-state index contributed by atoms with van der Waals surface area (Å²) in [6, 6.07) is -0.211. The molecule has 0 bridgehead atoms. The highest BCUT2D eigenvalue weighted by Gasteiger charge is 2.02. The van der Waals surface area contributed by atoms with Gasteiger partial charge in [0.1, 0.15) is 0 Å². The summed E-state index contributed by atoms with van der Waals surface area (Å²) in [4.78, 5) is 0. The van der Waals surface area contributed by atoms with Gasteiger partial charge in [0, 0.05) is 6.54 Å². The van der Waals surface area contributed by atoms with E-state index in [1.165, 1.54) is 0 Å². The Morgan fingerprint density at radius 2 is 2.00 bits per heavy atom. The fourth-order valence-corrected chi connectivity index (χ4v) is 0.505. The van der Waals surface area contributed by atoms with Crippen molar-refractivity contribution in [1.29, 1.82) is 0 Å². The Labute approximate surface area is 61.4 Å². The first-order valence-electron chi connectivity index (χ1n) is 3.30. The zero-order chi connectivity index (χ0) is 7.98. The molecule has 3 N–H and O–H groups in total. The van der Waals surface area contributed by atoms with Gasteiger partial charge in [-0.1, -0.05) is 12.2 Å². The van der Waals surface area contributed by atoms with Crippen molar-refractivity contribution in [1.82, 2.24) is 5.32 Å². The normalized spacial score (nSPS) is 10.4. The minimum atomic E-state index is -0.211. The van der Waals surface area contributed by atoms with Gasteiger partial charge in [0.15, 0.2) is 0 Å². The lowest BCUT2D eigenvalue weighted by Crippen LogP contribution is -2.36. The summed E-state index contributed by atoms with van der Waals surface area (Å²) < 4.78 is 0. The highest BCUT2D eigenvalue weighted by atomic mass is 16.3. The van der Waals surface area contributed by atoms with Crippen molar-refractivity contribution in [2.75, 3.05) is 19.8 Å². The quantitative estimate of drug-likeness (QED) is 0.457. The van der Waals surface area contributed by atoms with E-state index in [9.17, 15) is 0 Å². The van der Waals surface area contributed by atoms with Gasteiger partial charge in [-0.2, -0.15) is 0 Å². The molecule has 0 saturated heterocycles. The van der Waals surface area contributed by atoms with Crippen molar-refractivity contribution < 1.29 is 10.2 Å². The molecule has 0 rings (SSSR count). The van der Waals surface area contributed by atoms with Crippen LogP contribution in [0.15, 0.2) is 12.2 Å². The average molecular weight is 145 g/mol. The van der Waals surface area contributed by atoms with Gasteiger partial charge in [0.05, 0.1) is 19.3 Å². The van der Waals surface area contributed by atoms with Crippen LogP contribution in [0.3, 0.4) is 0 Å². The van der Waals surface area contributed by atoms with E-state index >= 15 is 0 Å². The molecule has 0 atom stereocenters. The molecule has 0 heterocycles. The number of aliphatic hydroxyl groups is 2. The monoisotopic (exact) mass is 145 g/mol. The van der Waals surface area contributed by atoms with Gasteiger partial charge in [-0.15, -0.1) is 0 Å². The van der Waals surface area contributed by atoms with Crippen molar-refractivity contribution in [2.24, 2.45) is 0 Å². The molecule has 3 nitrogen and oxygen atoms in total. The lowest BCUT2D eigenvalue weighted by Gasteiger charge is -2.12. The van der Waals surface area contributed by atoms with Crippen LogP contribution in [0.1, 0.15) is 6.92 Å². The maximum Gasteiger partial charge on any atom is 0.0607 e. The van der Waals surface area contributed by atoms with Crippen LogP contribution in [0.4, 0.5) is 0 Å². The van der Waals surface area contributed by atoms with E-state index in [-0.39, 0.29) is 19.3 Å². The summed E-state index contributed by atoms with van der Waals surface area (Å²) in [5, 5.41) is 20.1. The molecule has 0 aromatic carbocycles. The Balaban J connectivity index is 3.34. The number of hydrogen-bond donors (Lipinski definition) is 3. The fourth-order valence-electron chi connectivity index (χ4n) is 0.505. The van der Waals surface area contributed by atoms with E-state index in [0.717, 1.165) is 5.57 Å². The third kappa shape index (κ3) is 4.49. The van der Waals surface area contributed by atoms with Crippen LogP contribution in [0.5, 0.6) is 0 Å². The summed E-state index contributed by atoms with van der Waals surface area (Å²) in [6.45, 7) is 6.13. The average Bonchev–Trinajstić information content (AvgIpc) is 1.90. The lowest BCUT2D eigenvalue weighted by atomic mass is 10.3. The van der Waals surface area contributed by atoms with E-state index in [2.05, 4.69) is 11.9 Å². The van der Waals surface area contributed by atoms with E-state index in [0.29, 0.717) is 6.54 Å². The van der Waals surface area contributed by atoms with Gasteiger partial charge >= 0.3 is 0 Å². The summed E-state index contributed by atoms with van der Waals surface area (Å²) in [6.07, 6.45) is 0. The molecule has 0 saturated carbocycles. The molecule has 0 aliphatic heterocycles. The van der Waals surface area contributed by atoms with Gasteiger partial charge in [-0.3, -0.25) is 0 Å². The molecular weight excluding hydrogens is 130 g/mol. The predicted octanol–water partition coefficient (Wildman–Crippen LogP) is -0.495. The number of nitrogens with one attached hydrogen (secondary N) is 1. The van der Waals surface area contributed by atoms with Crippen LogP contribution in [-0.2, 0) is 0 Å². The molecule has 0 amide bonds. The Morgan fingerprint density at radius 1 is 1.50 bits per heavy atom. The van der Waals surface area contributed by atoms with Crippen molar-refractivity contribution in [3.8, 4) is 0 Å². The van der Waals surface area contributed by atoms with E-state index in [1.807, 2.05) is 6.92 Å². The first-order chi connectivity index (χ1) is 4.70. The third-order valence-electron chi connectivity index (χ3n) is 1.13. The van der Waals surface area contributed by atoms with Crippen LogP contribution < -0.4 is 5.32 Å². The minimum absolute atomic E-state index is 0.0379. The lowest BCUT2D eigenvalue weighted by molar-refractivity contribution is 0.173. The van der Waals surface area contributed by atoms with Crippen molar-refractivity contribution >= 4 is 0 Å². The van der Waals surface area contributed by atoms with E-state index in [1.54, 1.807) is 0 Å². The smallest absolute Gasteiger partial charge is 0.0607 e. The molecule has 0 unspecified atom stereocenters. The molecular formula is C7H15NO2.